The molecule has 0 unspecified atom stereocenters. The fourth-order valence-corrected chi connectivity index (χ4v) is 1.72. The molecule has 4 N–H and O–H groups in total. The lowest BCUT2D eigenvalue weighted by molar-refractivity contribution is -0.0469. The van der Waals surface area contributed by atoms with Crippen LogP contribution in [0.5, 0.6) is 0 Å². The molecule has 2 heterocycles. The number of hydrogen-bond donors (Lipinski definition) is 3. The van der Waals surface area contributed by atoms with Crippen LogP contribution in [0.1, 0.15) is 6.23 Å². The van der Waals surface area contributed by atoms with E-state index in [1.54, 1.807) is 0 Å². The van der Waals surface area contributed by atoms with E-state index in [1.807, 2.05) is 0 Å². The molecule has 7 nitrogen and oxygen atoms in total. The van der Waals surface area contributed by atoms with Crippen molar-refractivity contribution in [3.05, 3.63) is 22.6 Å². The molecule has 8 heteroatoms. The monoisotopic (exact) mass is 245 g/mol. The molecule has 2 rings (SSSR count). The van der Waals surface area contributed by atoms with E-state index in [2.05, 4.69) is 4.98 Å². The zero-order valence-electron chi connectivity index (χ0n) is 8.73. The van der Waals surface area contributed by atoms with Crippen molar-refractivity contribution >= 4 is 5.95 Å². The first-order valence-electron chi connectivity index (χ1n) is 4.97. The molecule has 4 atom stereocenters. The van der Waals surface area contributed by atoms with Gasteiger partial charge in [-0.3, -0.25) is 9.36 Å². The fraction of sp³-hybridized carbons (Fsp3) is 0.556. The number of nitrogens with two attached hydrogens (primary N) is 1. The molecule has 1 aliphatic rings. The second-order valence-electron chi connectivity index (χ2n) is 3.71. The fourth-order valence-electron chi connectivity index (χ4n) is 1.72. The van der Waals surface area contributed by atoms with Gasteiger partial charge < -0.3 is 20.7 Å². The van der Waals surface area contributed by atoms with Gasteiger partial charge in [-0.25, -0.2) is 4.39 Å². The van der Waals surface area contributed by atoms with Gasteiger partial charge >= 0.3 is 0 Å². The number of alkyl halides is 1. The summed E-state index contributed by atoms with van der Waals surface area (Å²) < 4.78 is 19.9. The quantitative estimate of drug-likeness (QED) is 0.579. The van der Waals surface area contributed by atoms with Crippen molar-refractivity contribution in [2.45, 2.75) is 24.6 Å². The van der Waals surface area contributed by atoms with E-state index in [-0.39, 0.29) is 5.95 Å². The first kappa shape index (κ1) is 12.0. The van der Waals surface area contributed by atoms with Crippen LogP contribution in [0.25, 0.3) is 0 Å². The molecule has 0 spiro atoms. The minimum Gasteiger partial charge on any atom is -0.394 e. The van der Waals surface area contributed by atoms with Gasteiger partial charge in [0.05, 0.1) is 6.61 Å². The van der Waals surface area contributed by atoms with E-state index in [9.17, 15) is 14.3 Å². The van der Waals surface area contributed by atoms with E-state index in [0.717, 1.165) is 10.6 Å². The largest absolute Gasteiger partial charge is 0.394 e. The summed E-state index contributed by atoms with van der Waals surface area (Å²) in [4.78, 5) is 14.3. The van der Waals surface area contributed by atoms with E-state index in [0.29, 0.717) is 0 Å². The van der Waals surface area contributed by atoms with Crippen LogP contribution in [0.3, 0.4) is 0 Å². The minimum atomic E-state index is -1.75. The molecule has 0 aliphatic carbocycles. The molecule has 1 aromatic rings. The summed E-state index contributed by atoms with van der Waals surface area (Å²) in [5.41, 5.74) is 4.91. The lowest BCUT2D eigenvalue weighted by atomic mass is 10.1. The molecule has 1 aromatic heterocycles. The van der Waals surface area contributed by atoms with Crippen molar-refractivity contribution in [3.8, 4) is 0 Å². The number of ether oxygens (including phenoxy) is 1. The summed E-state index contributed by atoms with van der Waals surface area (Å²) >= 11 is 0. The lowest BCUT2D eigenvalue weighted by Gasteiger charge is -2.18. The zero-order valence-corrected chi connectivity index (χ0v) is 8.73. The van der Waals surface area contributed by atoms with Gasteiger partial charge in [-0.2, -0.15) is 4.98 Å². The van der Waals surface area contributed by atoms with Crippen LogP contribution < -0.4 is 11.3 Å². The summed E-state index contributed by atoms with van der Waals surface area (Å²) in [6.07, 6.45) is -4.18. The van der Waals surface area contributed by atoms with Crippen LogP contribution >= 0.6 is 0 Å². The maximum atomic E-state index is 13.7. The molecular formula is C9H12FN3O4. The van der Waals surface area contributed by atoms with Gasteiger partial charge in [0.15, 0.2) is 12.4 Å². The van der Waals surface area contributed by atoms with Crippen molar-refractivity contribution in [2.24, 2.45) is 0 Å². The maximum absolute atomic E-state index is 13.7. The van der Waals surface area contributed by atoms with Crippen molar-refractivity contribution in [3.63, 3.8) is 0 Å². The van der Waals surface area contributed by atoms with Gasteiger partial charge in [0, 0.05) is 12.3 Å². The first-order chi connectivity index (χ1) is 8.04. The summed E-state index contributed by atoms with van der Waals surface area (Å²) in [5, 5.41) is 18.3. The molecule has 1 saturated heterocycles. The smallest absolute Gasteiger partial charge is 0.274 e. The number of rotatable bonds is 2. The highest BCUT2D eigenvalue weighted by molar-refractivity contribution is 5.18. The van der Waals surface area contributed by atoms with E-state index in [1.165, 1.54) is 6.20 Å². The second kappa shape index (κ2) is 4.40. The third-order valence-corrected chi connectivity index (χ3v) is 2.61. The number of hydrogen-bond acceptors (Lipinski definition) is 6. The molecule has 94 valence electrons. The minimum absolute atomic E-state index is 0.212. The van der Waals surface area contributed by atoms with Gasteiger partial charge in [0.25, 0.3) is 5.56 Å². The van der Waals surface area contributed by atoms with Crippen LogP contribution in [0.4, 0.5) is 10.3 Å². The van der Waals surface area contributed by atoms with E-state index in [4.69, 9.17) is 15.6 Å². The molecule has 0 bridgehead atoms. The van der Waals surface area contributed by atoms with E-state index >= 15 is 0 Å². The maximum Gasteiger partial charge on any atom is 0.274 e. The van der Waals surface area contributed by atoms with Crippen molar-refractivity contribution < 1.29 is 19.3 Å². The van der Waals surface area contributed by atoms with Gasteiger partial charge in [0.1, 0.15) is 12.2 Å². The third-order valence-electron chi connectivity index (χ3n) is 2.61. The van der Waals surface area contributed by atoms with Gasteiger partial charge in [-0.05, 0) is 0 Å². The molecule has 1 fully saturated rings. The summed E-state index contributed by atoms with van der Waals surface area (Å²) in [6, 6.07) is 1.10. The molecule has 0 saturated carbocycles. The van der Waals surface area contributed by atoms with Crippen LogP contribution in [0, 0.1) is 0 Å². The molecule has 0 radical (unpaired) electrons. The second-order valence-corrected chi connectivity index (χ2v) is 3.71. The van der Waals surface area contributed by atoms with Crippen molar-refractivity contribution in [1.29, 1.82) is 0 Å². The summed E-state index contributed by atoms with van der Waals surface area (Å²) in [7, 11) is 0. The Morgan fingerprint density at radius 1 is 1.65 bits per heavy atom. The molecule has 17 heavy (non-hydrogen) atoms. The Balaban J connectivity index is 2.32. The number of nitrogens with zero attached hydrogens (tertiary/aromatic N) is 2. The van der Waals surface area contributed by atoms with Crippen molar-refractivity contribution in [1.82, 2.24) is 9.55 Å². The number of aliphatic hydroxyl groups excluding tert-OH is 2. The van der Waals surface area contributed by atoms with Gasteiger partial charge in [-0.1, -0.05) is 0 Å². The number of aliphatic hydroxyl groups is 2. The van der Waals surface area contributed by atoms with Crippen molar-refractivity contribution in [2.75, 3.05) is 12.3 Å². The molecular weight excluding hydrogens is 233 g/mol. The predicted molar refractivity (Wildman–Crippen MR) is 54.8 cm³/mol. The Morgan fingerprint density at radius 3 is 2.88 bits per heavy atom. The Kier molecular flexibility index (Phi) is 3.09. The summed E-state index contributed by atoms with van der Waals surface area (Å²) in [5.74, 6) is -0.212. The topological polar surface area (TPSA) is 111 Å². The van der Waals surface area contributed by atoms with Gasteiger partial charge in [-0.15, -0.1) is 0 Å². The Labute approximate surface area is 95.3 Å². The van der Waals surface area contributed by atoms with Crippen LogP contribution in [0.2, 0.25) is 0 Å². The lowest BCUT2D eigenvalue weighted by Crippen LogP contribution is -2.31. The zero-order chi connectivity index (χ0) is 12.6. The average Bonchev–Trinajstić information content (AvgIpc) is 2.57. The highest BCUT2D eigenvalue weighted by Crippen LogP contribution is 2.32. The molecule has 1 aliphatic heterocycles. The number of anilines is 1. The van der Waals surface area contributed by atoms with Crippen LogP contribution in [0.15, 0.2) is 17.1 Å². The SMILES string of the molecule is Nc1nc(=O)ccn1[C@@H]1O[C@H](CO)[C@@H](O)[C@@H]1F. The number of nitrogen functional groups attached to an aromatic ring is 1. The summed E-state index contributed by atoms with van der Waals surface area (Å²) in [6.45, 7) is -0.508. The standard InChI is InChI=1S/C9H12FN3O4/c10-6-7(16)4(3-14)17-8(6)13-2-1-5(15)12-9(13)11/h1-2,4,6-8,14,16H,3H2,(H2,11,12,15)/t4-,6+,7-,8-/m1/s1. The Bertz CT molecular complexity index is 466. The normalized spacial score (nSPS) is 32.9. The number of halogens is 1. The average molecular weight is 245 g/mol. The third kappa shape index (κ3) is 2.02. The Hall–Kier alpha value is -1.51. The first-order valence-corrected chi connectivity index (χ1v) is 4.97. The van der Waals surface area contributed by atoms with Crippen LogP contribution in [-0.4, -0.2) is 44.8 Å². The van der Waals surface area contributed by atoms with Gasteiger partial charge in [0.2, 0.25) is 5.95 Å². The van der Waals surface area contributed by atoms with Crippen LogP contribution in [-0.2, 0) is 4.74 Å². The number of aromatic nitrogens is 2. The highest BCUT2D eigenvalue weighted by Gasteiger charge is 2.45. The molecule has 0 amide bonds. The highest BCUT2D eigenvalue weighted by atomic mass is 19.1. The molecule has 0 aromatic carbocycles. The predicted octanol–water partition coefficient (Wildman–Crippen LogP) is -1.59. The Morgan fingerprint density at radius 2 is 2.35 bits per heavy atom. The van der Waals surface area contributed by atoms with E-state index < -0.39 is 36.8 Å².